The third kappa shape index (κ3) is 2.79. The van der Waals surface area contributed by atoms with Gasteiger partial charge < -0.3 is 0 Å². The molecule has 0 aliphatic carbocycles. The minimum atomic E-state index is 0.983. The Hall–Kier alpha value is -3.33. The lowest BCUT2D eigenvalue weighted by molar-refractivity contribution is 1.17. The maximum atomic E-state index is 4.21. The second kappa shape index (κ2) is 6.42. The molecule has 0 atom stereocenters. The summed E-state index contributed by atoms with van der Waals surface area (Å²) in [6.07, 6.45) is 8.85. The molecule has 0 saturated heterocycles. The molecule has 2 aromatic heterocycles. The molecule has 3 heteroatoms. The highest BCUT2D eigenvalue weighted by atomic mass is 14.8. The molecule has 24 heavy (non-hydrogen) atoms. The summed E-state index contributed by atoms with van der Waals surface area (Å²) in [5.74, 6) is 0. The normalized spacial score (nSPS) is 10.5. The van der Waals surface area contributed by atoms with Crippen LogP contribution in [-0.4, -0.2) is 15.0 Å². The summed E-state index contributed by atoms with van der Waals surface area (Å²) in [5, 5.41) is 0. The molecule has 2 heterocycles. The highest BCUT2D eigenvalue weighted by molar-refractivity contribution is 5.84. The average Bonchev–Trinajstić information content (AvgIpc) is 2.69. The Morgan fingerprint density at radius 1 is 0.667 bits per heavy atom. The van der Waals surface area contributed by atoms with Crippen LogP contribution in [0.25, 0.3) is 33.4 Å². The molecule has 1 radical (unpaired) electrons. The lowest BCUT2D eigenvalue weighted by atomic mass is 9.94. The number of rotatable bonds is 3. The lowest BCUT2D eigenvalue weighted by Gasteiger charge is -2.11. The highest BCUT2D eigenvalue weighted by Crippen LogP contribution is 2.33. The van der Waals surface area contributed by atoms with Crippen LogP contribution in [0.4, 0.5) is 0 Å². The van der Waals surface area contributed by atoms with E-state index in [-0.39, 0.29) is 0 Å². The first-order chi connectivity index (χ1) is 11.9. The summed E-state index contributed by atoms with van der Waals surface area (Å²) >= 11 is 0. The third-order valence-corrected chi connectivity index (χ3v) is 3.90. The number of hydrogen-bond donors (Lipinski definition) is 0. The van der Waals surface area contributed by atoms with Crippen LogP contribution >= 0.6 is 0 Å². The SMILES string of the molecule is [c]1ccc(-c2cccc(-c3cccnc3)c2)c(-c2cncnc2)c1. The topological polar surface area (TPSA) is 38.7 Å². The number of pyridine rings is 1. The second-order valence-electron chi connectivity index (χ2n) is 5.42. The van der Waals surface area contributed by atoms with E-state index < -0.39 is 0 Å². The van der Waals surface area contributed by atoms with Gasteiger partial charge in [-0.05, 0) is 46.5 Å². The summed E-state index contributed by atoms with van der Waals surface area (Å²) in [6.45, 7) is 0. The maximum Gasteiger partial charge on any atom is 0.115 e. The zero-order valence-electron chi connectivity index (χ0n) is 12.9. The van der Waals surface area contributed by atoms with Crippen molar-refractivity contribution in [3.05, 3.63) is 91.8 Å². The molecule has 0 bridgehead atoms. The Kier molecular flexibility index (Phi) is 3.82. The van der Waals surface area contributed by atoms with Gasteiger partial charge in [-0.3, -0.25) is 4.98 Å². The molecular weight excluding hydrogens is 294 g/mol. The average molecular weight is 308 g/mol. The summed E-state index contributed by atoms with van der Waals surface area (Å²) in [6, 6.07) is 21.6. The first-order valence-electron chi connectivity index (χ1n) is 7.68. The van der Waals surface area contributed by atoms with E-state index in [1.165, 1.54) is 0 Å². The van der Waals surface area contributed by atoms with Gasteiger partial charge in [0.15, 0.2) is 0 Å². The Balaban J connectivity index is 1.84. The van der Waals surface area contributed by atoms with Crippen molar-refractivity contribution in [2.75, 3.05) is 0 Å². The van der Waals surface area contributed by atoms with Crippen molar-refractivity contribution in [2.24, 2.45) is 0 Å². The van der Waals surface area contributed by atoms with Gasteiger partial charge in [0.2, 0.25) is 0 Å². The number of benzene rings is 2. The van der Waals surface area contributed by atoms with Crippen LogP contribution in [0, 0.1) is 6.07 Å². The summed E-state index contributed by atoms with van der Waals surface area (Å²) < 4.78 is 0. The van der Waals surface area contributed by atoms with Gasteiger partial charge >= 0.3 is 0 Å². The van der Waals surface area contributed by atoms with Crippen molar-refractivity contribution >= 4 is 0 Å². The van der Waals surface area contributed by atoms with Gasteiger partial charge in [-0.2, -0.15) is 0 Å². The molecule has 0 fully saturated rings. The summed E-state index contributed by atoms with van der Waals surface area (Å²) in [5.41, 5.74) is 6.58. The smallest absolute Gasteiger partial charge is 0.115 e. The van der Waals surface area contributed by atoms with Gasteiger partial charge in [0.05, 0.1) is 0 Å². The predicted octanol–water partition coefficient (Wildman–Crippen LogP) is 4.67. The standard InChI is InChI=1S/C21H14N3/c1-2-9-21(19-13-23-15-24-14-19)20(8-1)17-6-3-5-16(11-17)18-7-4-10-22-12-18/h1,3-15H. The van der Waals surface area contributed by atoms with Gasteiger partial charge in [-0.1, -0.05) is 36.4 Å². The van der Waals surface area contributed by atoms with E-state index in [4.69, 9.17) is 0 Å². The number of hydrogen-bond acceptors (Lipinski definition) is 3. The van der Waals surface area contributed by atoms with Crippen LogP contribution in [0.2, 0.25) is 0 Å². The molecule has 0 aliphatic heterocycles. The Morgan fingerprint density at radius 3 is 2.29 bits per heavy atom. The van der Waals surface area contributed by atoms with Crippen molar-refractivity contribution in [1.29, 1.82) is 0 Å². The zero-order chi connectivity index (χ0) is 16.2. The molecule has 0 unspecified atom stereocenters. The van der Waals surface area contributed by atoms with Crippen LogP contribution < -0.4 is 0 Å². The van der Waals surface area contributed by atoms with Crippen LogP contribution in [0.15, 0.2) is 85.7 Å². The first-order valence-corrected chi connectivity index (χ1v) is 7.68. The van der Waals surface area contributed by atoms with Crippen LogP contribution in [0.5, 0.6) is 0 Å². The number of nitrogens with zero attached hydrogens (tertiary/aromatic N) is 3. The molecule has 0 N–H and O–H groups in total. The van der Waals surface area contributed by atoms with Gasteiger partial charge in [-0.15, -0.1) is 0 Å². The maximum absolute atomic E-state index is 4.21. The van der Waals surface area contributed by atoms with E-state index in [0.717, 1.165) is 33.4 Å². The molecule has 0 amide bonds. The van der Waals surface area contributed by atoms with Crippen LogP contribution in [-0.2, 0) is 0 Å². The molecule has 0 spiro atoms. The Bertz CT molecular complexity index is 951. The molecule has 4 aromatic rings. The van der Waals surface area contributed by atoms with Crippen molar-refractivity contribution in [1.82, 2.24) is 15.0 Å². The monoisotopic (exact) mass is 308 g/mol. The van der Waals surface area contributed by atoms with Gasteiger partial charge in [0.25, 0.3) is 0 Å². The molecule has 3 nitrogen and oxygen atoms in total. The summed E-state index contributed by atoms with van der Waals surface area (Å²) in [4.78, 5) is 12.5. The van der Waals surface area contributed by atoms with Gasteiger partial charge in [-0.25, -0.2) is 9.97 Å². The fraction of sp³-hybridized carbons (Fsp3) is 0. The second-order valence-corrected chi connectivity index (χ2v) is 5.42. The molecule has 113 valence electrons. The van der Waals surface area contributed by atoms with Gasteiger partial charge in [0, 0.05) is 35.9 Å². The van der Waals surface area contributed by atoms with Crippen LogP contribution in [0.3, 0.4) is 0 Å². The lowest BCUT2D eigenvalue weighted by Crippen LogP contribution is -1.88. The Labute approximate surface area is 140 Å². The van der Waals surface area contributed by atoms with E-state index in [0.29, 0.717) is 0 Å². The fourth-order valence-corrected chi connectivity index (χ4v) is 2.76. The van der Waals surface area contributed by atoms with Crippen molar-refractivity contribution in [3.8, 4) is 33.4 Å². The number of aromatic nitrogens is 3. The zero-order valence-corrected chi connectivity index (χ0v) is 12.9. The molecule has 4 rings (SSSR count). The first kappa shape index (κ1) is 14.3. The van der Waals surface area contributed by atoms with E-state index >= 15 is 0 Å². The minimum absolute atomic E-state index is 0.983. The van der Waals surface area contributed by atoms with Crippen molar-refractivity contribution < 1.29 is 0 Å². The van der Waals surface area contributed by atoms with Gasteiger partial charge in [0.1, 0.15) is 6.33 Å². The van der Waals surface area contributed by atoms with Crippen molar-refractivity contribution in [2.45, 2.75) is 0 Å². The molecular formula is C21H14N3. The van der Waals surface area contributed by atoms with Crippen LogP contribution in [0.1, 0.15) is 0 Å². The fourth-order valence-electron chi connectivity index (χ4n) is 2.76. The highest BCUT2D eigenvalue weighted by Gasteiger charge is 2.08. The van der Waals surface area contributed by atoms with E-state index in [2.05, 4.69) is 57.4 Å². The largest absolute Gasteiger partial charge is 0.264 e. The molecule has 0 aliphatic rings. The van der Waals surface area contributed by atoms with E-state index in [1.54, 1.807) is 12.5 Å². The molecule has 2 aromatic carbocycles. The quantitative estimate of drug-likeness (QED) is 0.552. The Morgan fingerprint density at radius 2 is 1.46 bits per heavy atom. The van der Waals surface area contributed by atoms with E-state index in [9.17, 15) is 0 Å². The van der Waals surface area contributed by atoms with Crippen molar-refractivity contribution in [3.63, 3.8) is 0 Å². The predicted molar refractivity (Wildman–Crippen MR) is 95.0 cm³/mol. The molecule has 0 saturated carbocycles. The minimum Gasteiger partial charge on any atom is -0.264 e. The summed E-state index contributed by atoms with van der Waals surface area (Å²) in [7, 11) is 0. The van der Waals surface area contributed by atoms with E-state index in [1.807, 2.05) is 36.8 Å². The third-order valence-electron chi connectivity index (χ3n) is 3.90.